The highest BCUT2D eigenvalue weighted by atomic mass is 16.7. The molecule has 0 spiro atoms. The Labute approximate surface area is 160 Å². The predicted octanol–water partition coefficient (Wildman–Crippen LogP) is -5.35. The molecule has 164 valence electrons. The average molecular weight is 413 g/mol. The summed E-state index contributed by atoms with van der Waals surface area (Å²) in [6, 6.07) is 0. The van der Waals surface area contributed by atoms with Gasteiger partial charge in [0.1, 0.15) is 55.4 Å². The van der Waals surface area contributed by atoms with Crippen molar-refractivity contribution in [3.05, 3.63) is 0 Å². The fourth-order valence-corrected chi connectivity index (χ4v) is 2.83. The van der Waals surface area contributed by atoms with Gasteiger partial charge < -0.3 is 59.8 Å². The van der Waals surface area contributed by atoms with Crippen molar-refractivity contribution in [3.63, 3.8) is 0 Å². The molecule has 0 aliphatic carbocycles. The summed E-state index contributed by atoms with van der Waals surface area (Å²) in [5.74, 6) is 0. The van der Waals surface area contributed by atoms with Crippen LogP contribution in [0.4, 0.5) is 0 Å². The molecule has 10 atom stereocenters. The SMILES string of the molecule is C1=NCCO1.OC[C@H]1O[C@@H](O[C@H]2[C@H](O)[C@@H](O)[C@H](O)O[C@@H]2CO)[C@H](O)[C@@H](O)[C@H]1O. The molecular weight excluding hydrogens is 386 g/mol. The summed E-state index contributed by atoms with van der Waals surface area (Å²) < 4.78 is 19.9. The Bertz CT molecular complexity index is 486. The summed E-state index contributed by atoms with van der Waals surface area (Å²) in [5, 5.41) is 76.5. The van der Waals surface area contributed by atoms with Gasteiger partial charge in [-0.1, -0.05) is 0 Å². The lowest BCUT2D eigenvalue weighted by Gasteiger charge is -2.45. The van der Waals surface area contributed by atoms with Gasteiger partial charge in [0.2, 0.25) is 0 Å². The van der Waals surface area contributed by atoms with E-state index in [1.165, 1.54) is 6.40 Å². The molecule has 0 bridgehead atoms. The van der Waals surface area contributed by atoms with Crippen molar-refractivity contribution in [3.8, 4) is 0 Å². The van der Waals surface area contributed by atoms with Crippen LogP contribution in [0.3, 0.4) is 0 Å². The van der Waals surface area contributed by atoms with Crippen LogP contribution in [0.15, 0.2) is 4.99 Å². The normalized spacial score (nSPS) is 45.9. The van der Waals surface area contributed by atoms with Gasteiger partial charge in [-0.3, -0.25) is 4.99 Å². The number of rotatable bonds is 4. The maximum Gasteiger partial charge on any atom is 0.187 e. The lowest BCUT2D eigenvalue weighted by atomic mass is 9.97. The Morgan fingerprint density at radius 3 is 2.00 bits per heavy atom. The number of aliphatic hydroxyl groups excluding tert-OH is 8. The van der Waals surface area contributed by atoms with Crippen molar-refractivity contribution < 1.29 is 59.8 Å². The van der Waals surface area contributed by atoms with E-state index in [1.807, 2.05) is 0 Å². The Morgan fingerprint density at radius 2 is 1.50 bits per heavy atom. The zero-order valence-electron chi connectivity index (χ0n) is 14.8. The molecule has 2 fully saturated rings. The van der Waals surface area contributed by atoms with Crippen LogP contribution >= 0.6 is 0 Å². The van der Waals surface area contributed by atoms with E-state index in [1.54, 1.807) is 0 Å². The van der Waals surface area contributed by atoms with E-state index in [0.717, 1.165) is 13.2 Å². The van der Waals surface area contributed by atoms with E-state index < -0.39 is 74.6 Å². The van der Waals surface area contributed by atoms with Crippen molar-refractivity contribution in [2.75, 3.05) is 26.4 Å². The predicted molar refractivity (Wildman–Crippen MR) is 87.9 cm³/mol. The molecule has 13 nitrogen and oxygen atoms in total. The topological polar surface area (TPSA) is 211 Å². The lowest BCUT2D eigenvalue weighted by Crippen LogP contribution is -2.64. The fraction of sp³-hybridized carbons (Fsp3) is 0.933. The second-order valence-corrected chi connectivity index (χ2v) is 6.41. The van der Waals surface area contributed by atoms with Crippen molar-refractivity contribution in [1.82, 2.24) is 0 Å². The molecule has 3 aliphatic heterocycles. The molecule has 2 saturated heterocycles. The number of hydrogen-bond donors (Lipinski definition) is 8. The van der Waals surface area contributed by atoms with E-state index in [-0.39, 0.29) is 0 Å². The second kappa shape index (κ2) is 10.7. The quantitative estimate of drug-likeness (QED) is 0.217. The molecule has 3 heterocycles. The summed E-state index contributed by atoms with van der Waals surface area (Å²) in [5.41, 5.74) is 0. The van der Waals surface area contributed by atoms with Gasteiger partial charge >= 0.3 is 0 Å². The van der Waals surface area contributed by atoms with Crippen LogP contribution in [-0.4, -0.2) is 135 Å². The third-order valence-corrected chi connectivity index (χ3v) is 4.47. The summed E-state index contributed by atoms with van der Waals surface area (Å²) in [6.07, 6.45) is -14.1. The van der Waals surface area contributed by atoms with Crippen molar-refractivity contribution >= 4 is 6.40 Å². The summed E-state index contributed by atoms with van der Waals surface area (Å²) in [6.45, 7) is 0.280. The molecule has 0 radical (unpaired) electrons. The van der Waals surface area contributed by atoms with Gasteiger partial charge in [0.25, 0.3) is 0 Å². The molecule has 0 saturated carbocycles. The van der Waals surface area contributed by atoms with E-state index in [0.29, 0.717) is 0 Å². The second-order valence-electron chi connectivity index (χ2n) is 6.41. The first-order valence-corrected chi connectivity index (χ1v) is 8.68. The first-order valence-electron chi connectivity index (χ1n) is 8.68. The molecule has 8 N–H and O–H groups in total. The highest BCUT2D eigenvalue weighted by molar-refractivity contribution is 5.47. The van der Waals surface area contributed by atoms with E-state index in [4.69, 9.17) is 19.3 Å². The molecule has 3 rings (SSSR count). The van der Waals surface area contributed by atoms with Crippen LogP contribution in [0.1, 0.15) is 0 Å². The summed E-state index contributed by atoms with van der Waals surface area (Å²) >= 11 is 0. The molecule has 0 unspecified atom stereocenters. The smallest absolute Gasteiger partial charge is 0.187 e. The summed E-state index contributed by atoms with van der Waals surface area (Å²) in [7, 11) is 0. The fourth-order valence-electron chi connectivity index (χ4n) is 2.83. The minimum Gasteiger partial charge on any atom is -0.482 e. The Kier molecular flexibility index (Phi) is 8.91. The summed E-state index contributed by atoms with van der Waals surface area (Å²) in [4.78, 5) is 3.74. The number of hydrogen-bond acceptors (Lipinski definition) is 13. The minimum atomic E-state index is -1.74. The number of aliphatic hydroxyl groups is 8. The monoisotopic (exact) mass is 413 g/mol. The van der Waals surface area contributed by atoms with Crippen LogP contribution in [0, 0.1) is 0 Å². The van der Waals surface area contributed by atoms with Gasteiger partial charge in [-0.15, -0.1) is 0 Å². The van der Waals surface area contributed by atoms with E-state index >= 15 is 0 Å². The van der Waals surface area contributed by atoms with Crippen molar-refractivity contribution in [1.29, 1.82) is 0 Å². The minimum absolute atomic E-state index is 0.667. The zero-order valence-corrected chi connectivity index (χ0v) is 14.8. The van der Waals surface area contributed by atoms with Gasteiger partial charge in [-0.2, -0.15) is 0 Å². The van der Waals surface area contributed by atoms with Gasteiger partial charge in [-0.25, -0.2) is 0 Å². The largest absolute Gasteiger partial charge is 0.482 e. The van der Waals surface area contributed by atoms with E-state index in [9.17, 15) is 35.7 Å². The molecule has 0 aromatic heterocycles. The highest BCUT2D eigenvalue weighted by Gasteiger charge is 2.50. The lowest BCUT2D eigenvalue weighted by molar-refractivity contribution is -0.355. The standard InChI is InChI=1S/C12H22O11.C3H5NO/c13-1-3-5(15)6(16)9(19)12(22-3)23-10-4(2-14)21-11(20)8(18)7(10)17;1-2-5-3-4-1/h3-20H,1-2H2;3H,1-2H2/t3-,4-,5+,6+,7-,8-,9-,10-,11-,12+;/m1./s1. The highest BCUT2D eigenvalue weighted by Crippen LogP contribution is 2.28. The Morgan fingerprint density at radius 1 is 0.821 bits per heavy atom. The first kappa shape index (κ1) is 23.3. The molecule has 3 aliphatic rings. The first-order chi connectivity index (χ1) is 13.3. The Hall–Kier alpha value is -0.970. The maximum absolute atomic E-state index is 9.94. The molecule has 28 heavy (non-hydrogen) atoms. The third kappa shape index (κ3) is 5.34. The van der Waals surface area contributed by atoms with Crippen LogP contribution in [-0.2, 0) is 18.9 Å². The van der Waals surface area contributed by atoms with Crippen LogP contribution in [0.2, 0.25) is 0 Å². The van der Waals surface area contributed by atoms with Crippen LogP contribution < -0.4 is 0 Å². The number of ether oxygens (including phenoxy) is 4. The molecular formula is C15H27NO12. The molecule has 0 aromatic carbocycles. The van der Waals surface area contributed by atoms with Gasteiger partial charge in [-0.05, 0) is 0 Å². The molecule has 0 amide bonds. The van der Waals surface area contributed by atoms with Crippen molar-refractivity contribution in [2.45, 2.75) is 61.4 Å². The zero-order chi connectivity index (χ0) is 20.8. The van der Waals surface area contributed by atoms with Crippen LogP contribution in [0.5, 0.6) is 0 Å². The average Bonchev–Trinajstić information content (AvgIpc) is 3.28. The number of nitrogens with zero attached hydrogens (tertiary/aromatic N) is 1. The van der Waals surface area contributed by atoms with Gasteiger partial charge in [0.15, 0.2) is 19.0 Å². The number of aliphatic imine (C=N–C) groups is 1. The van der Waals surface area contributed by atoms with Gasteiger partial charge in [0, 0.05) is 0 Å². The van der Waals surface area contributed by atoms with E-state index in [2.05, 4.69) is 9.73 Å². The Balaban J connectivity index is 0.000000485. The third-order valence-electron chi connectivity index (χ3n) is 4.47. The van der Waals surface area contributed by atoms with Crippen molar-refractivity contribution in [2.24, 2.45) is 4.99 Å². The molecule has 13 heteroatoms. The maximum atomic E-state index is 9.94. The van der Waals surface area contributed by atoms with Gasteiger partial charge in [0.05, 0.1) is 19.8 Å². The molecule has 0 aromatic rings. The van der Waals surface area contributed by atoms with Crippen LogP contribution in [0.25, 0.3) is 0 Å².